The Labute approximate surface area is 120 Å². The first-order valence-electron chi connectivity index (χ1n) is 7.26. The van der Waals surface area contributed by atoms with Crippen molar-refractivity contribution in [1.29, 1.82) is 0 Å². The van der Waals surface area contributed by atoms with Crippen LogP contribution in [0.15, 0.2) is 18.3 Å². The van der Waals surface area contributed by atoms with Crippen LogP contribution in [0, 0.1) is 5.92 Å². The molecule has 0 aliphatic carbocycles. The van der Waals surface area contributed by atoms with E-state index in [1.54, 1.807) is 0 Å². The molecule has 20 heavy (non-hydrogen) atoms. The van der Waals surface area contributed by atoms with Gasteiger partial charge in [-0.25, -0.2) is 0 Å². The molecule has 110 valence electrons. The summed E-state index contributed by atoms with van der Waals surface area (Å²) in [6.45, 7) is 4.04. The van der Waals surface area contributed by atoms with Crippen molar-refractivity contribution in [1.82, 2.24) is 10.3 Å². The van der Waals surface area contributed by atoms with Gasteiger partial charge in [0.25, 0.3) is 0 Å². The number of primary amides is 1. The molecule has 1 unspecified atom stereocenters. The van der Waals surface area contributed by atoms with Crippen molar-refractivity contribution < 1.29 is 4.79 Å². The molecular formula is C15H24N4O. The Bertz CT molecular complexity index is 438. The summed E-state index contributed by atoms with van der Waals surface area (Å²) in [5, 5.41) is 3.18. The number of anilines is 1. The first-order chi connectivity index (χ1) is 9.60. The lowest BCUT2D eigenvalue weighted by molar-refractivity contribution is -0.119. The van der Waals surface area contributed by atoms with Gasteiger partial charge in [0.1, 0.15) is 0 Å². The van der Waals surface area contributed by atoms with Crippen molar-refractivity contribution >= 4 is 11.6 Å². The van der Waals surface area contributed by atoms with E-state index >= 15 is 0 Å². The van der Waals surface area contributed by atoms with Crippen molar-refractivity contribution in [3.63, 3.8) is 0 Å². The molecule has 1 amide bonds. The van der Waals surface area contributed by atoms with Gasteiger partial charge in [0.05, 0.1) is 17.6 Å². The van der Waals surface area contributed by atoms with Gasteiger partial charge in [0.2, 0.25) is 5.91 Å². The van der Waals surface area contributed by atoms with E-state index in [1.807, 2.05) is 13.2 Å². The van der Waals surface area contributed by atoms with Crippen LogP contribution in [0.2, 0.25) is 0 Å². The highest BCUT2D eigenvalue weighted by Gasteiger charge is 2.21. The third-order valence-electron chi connectivity index (χ3n) is 4.12. The normalized spacial score (nSPS) is 18.0. The molecule has 0 bridgehead atoms. The maximum absolute atomic E-state index is 10.9. The Kier molecular flexibility index (Phi) is 4.95. The number of piperidine rings is 1. The third kappa shape index (κ3) is 3.70. The predicted octanol–water partition coefficient (Wildman–Crippen LogP) is 1.45. The van der Waals surface area contributed by atoms with Crippen molar-refractivity contribution in [2.45, 2.75) is 32.2 Å². The van der Waals surface area contributed by atoms with Crippen molar-refractivity contribution in [2.75, 3.05) is 25.0 Å². The highest BCUT2D eigenvalue weighted by Crippen LogP contribution is 2.25. The Morgan fingerprint density at radius 1 is 1.50 bits per heavy atom. The average molecular weight is 276 g/mol. The maximum Gasteiger partial charge on any atom is 0.217 e. The molecule has 1 aliphatic rings. The first-order valence-corrected chi connectivity index (χ1v) is 7.26. The molecule has 5 nitrogen and oxygen atoms in total. The molecule has 0 spiro atoms. The zero-order valence-electron chi connectivity index (χ0n) is 12.3. The molecule has 2 heterocycles. The molecule has 1 aliphatic heterocycles. The minimum atomic E-state index is -0.185. The van der Waals surface area contributed by atoms with E-state index in [1.165, 1.54) is 0 Å². The number of nitrogens with one attached hydrogen (secondary N) is 1. The van der Waals surface area contributed by atoms with E-state index in [9.17, 15) is 4.79 Å². The minimum Gasteiger partial charge on any atom is -0.370 e. The molecular weight excluding hydrogens is 252 g/mol. The van der Waals surface area contributed by atoms with Crippen LogP contribution in [-0.4, -0.2) is 31.0 Å². The summed E-state index contributed by atoms with van der Waals surface area (Å²) in [7, 11) is 1.93. The molecule has 3 N–H and O–H groups in total. The van der Waals surface area contributed by atoms with Gasteiger partial charge in [0.15, 0.2) is 0 Å². The number of nitrogens with zero attached hydrogens (tertiary/aromatic N) is 2. The van der Waals surface area contributed by atoms with E-state index in [0.717, 1.165) is 37.3 Å². The second kappa shape index (κ2) is 6.70. The molecule has 1 fully saturated rings. The molecule has 1 saturated heterocycles. The lowest BCUT2D eigenvalue weighted by Crippen LogP contribution is -2.35. The number of hydrogen-bond donors (Lipinski definition) is 2. The van der Waals surface area contributed by atoms with Crippen LogP contribution in [0.5, 0.6) is 0 Å². The van der Waals surface area contributed by atoms with Gasteiger partial charge >= 0.3 is 0 Å². The van der Waals surface area contributed by atoms with Crippen LogP contribution in [0.4, 0.5) is 5.69 Å². The van der Waals surface area contributed by atoms with E-state index in [-0.39, 0.29) is 11.9 Å². The van der Waals surface area contributed by atoms with Gasteiger partial charge in [-0.3, -0.25) is 9.78 Å². The van der Waals surface area contributed by atoms with E-state index in [0.29, 0.717) is 12.3 Å². The fourth-order valence-electron chi connectivity index (χ4n) is 2.67. The number of pyridine rings is 1. The van der Waals surface area contributed by atoms with Crippen LogP contribution in [0.3, 0.4) is 0 Å². The molecule has 0 aromatic carbocycles. The van der Waals surface area contributed by atoms with Crippen LogP contribution in [0.25, 0.3) is 0 Å². The largest absolute Gasteiger partial charge is 0.370 e. The smallest absolute Gasteiger partial charge is 0.217 e. The molecule has 5 heteroatoms. The Morgan fingerprint density at radius 2 is 2.20 bits per heavy atom. The Balaban J connectivity index is 1.92. The van der Waals surface area contributed by atoms with Crippen molar-refractivity contribution in [3.05, 3.63) is 24.0 Å². The van der Waals surface area contributed by atoms with E-state index in [4.69, 9.17) is 5.73 Å². The summed E-state index contributed by atoms with van der Waals surface area (Å²) in [5.41, 5.74) is 7.48. The van der Waals surface area contributed by atoms with Crippen LogP contribution < -0.4 is 16.0 Å². The number of rotatable bonds is 5. The van der Waals surface area contributed by atoms with Crippen LogP contribution >= 0.6 is 0 Å². The standard InChI is InChI=1S/C15H24N4O/c1-11(17-2)14-4-3-13(10-18-14)19-7-5-12(6-8-19)9-15(16)20/h3-4,10-12,17H,5-9H2,1-2H3,(H2,16,20). The van der Waals surface area contributed by atoms with Gasteiger partial charge in [0, 0.05) is 25.6 Å². The van der Waals surface area contributed by atoms with Crippen LogP contribution in [0.1, 0.15) is 37.9 Å². The quantitative estimate of drug-likeness (QED) is 0.854. The monoisotopic (exact) mass is 276 g/mol. The van der Waals surface area contributed by atoms with Gasteiger partial charge in [-0.15, -0.1) is 0 Å². The second-order valence-electron chi connectivity index (χ2n) is 5.55. The number of nitrogens with two attached hydrogens (primary N) is 1. The van der Waals surface area contributed by atoms with Crippen molar-refractivity contribution in [2.24, 2.45) is 11.7 Å². The molecule has 2 rings (SSSR count). The zero-order chi connectivity index (χ0) is 14.5. The maximum atomic E-state index is 10.9. The zero-order valence-corrected chi connectivity index (χ0v) is 12.3. The van der Waals surface area contributed by atoms with E-state index in [2.05, 4.69) is 34.3 Å². The highest BCUT2D eigenvalue weighted by molar-refractivity contribution is 5.74. The lowest BCUT2D eigenvalue weighted by Gasteiger charge is -2.33. The fourth-order valence-corrected chi connectivity index (χ4v) is 2.67. The van der Waals surface area contributed by atoms with Gasteiger partial charge in [-0.2, -0.15) is 0 Å². The van der Waals surface area contributed by atoms with Gasteiger partial charge in [-0.1, -0.05) is 0 Å². The SMILES string of the molecule is CNC(C)c1ccc(N2CCC(CC(N)=O)CC2)cn1. The molecule has 1 atom stereocenters. The summed E-state index contributed by atoms with van der Waals surface area (Å²) in [6, 6.07) is 4.47. The molecule has 0 saturated carbocycles. The first kappa shape index (κ1) is 14.8. The molecule has 1 aromatic heterocycles. The number of aromatic nitrogens is 1. The van der Waals surface area contributed by atoms with E-state index < -0.39 is 0 Å². The number of hydrogen-bond acceptors (Lipinski definition) is 4. The fraction of sp³-hybridized carbons (Fsp3) is 0.600. The highest BCUT2D eigenvalue weighted by atomic mass is 16.1. The number of amides is 1. The van der Waals surface area contributed by atoms with Gasteiger partial charge < -0.3 is 16.0 Å². The summed E-state index contributed by atoms with van der Waals surface area (Å²) in [6.07, 6.45) is 4.51. The minimum absolute atomic E-state index is 0.185. The summed E-state index contributed by atoms with van der Waals surface area (Å²) in [5.74, 6) is 0.260. The second-order valence-corrected chi connectivity index (χ2v) is 5.55. The topological polar surface area (TPSA) is 71.2 Å². The summed E-state index contributed by atoms with van der Waals surface area (Å²) < 4.78 is 0. The molecule has 0 radical (unpaired) electrons. The van der Waals surface area contributed by atoms with Crippen LogP contribution in [-0.2, 0) is 4.79 Å². The number of carbonyl (C=O) groups excluding carboxylic acids is 1. The Morgan fingerprint density at radius 3 is 2.70 bits per heavy atom. The third-order valence-corrected chi connectivity index (χ3v) is 4.12. The Hall–Kier alpha value is -1.62. The lowest BCUT2D eigenvalue weighted by atomic mass is 9.93. The number of carbonyl (C=O) groups is 1. The van der Waals surface area contributed by atoms with Crippen molar-refractivity contribution in [3.8, 4) is 0 Å². The predicted molar refractivity (Wildman–Crippen MR) is 80.5 cm³/mol. The molecule has 1 aromatic rings. The summed E-state index contributed by atoms with van der Waals surface area (Å²) >= 11 is 0. The summed E-state index contributed by atoms with van der Waals surface area (Å²) in [4.78, 5) is 17.8. The average Bonchev–Trinajstić information content (AvgIpc) is 2.47. The van der Waals surface area contributed by atoms with Gasteiger partial charge in [-0.05, 0) is 44.9 Å².